The number of ether oxygens (including phenoxy) is 2. The number of hydrogen-bond donors (Lipinski definition) is 1. The lowest BCUT2D eigenvalue weighted by molar-refractivity contribution is -0.0446. The largest absolute Gasteiger partial charge is 0.396 e. The second-order valence-electron chi connectivity index (χ2n) is 5.23. The smallest absolute Gasteiger partial charge is 0.0623 e. The van der Waals surface area contributed by atoms with Crippen LogP contribution < -0.4 is 0 Å². The number of aliphatic hydroxyl groups excluding tert-OH is 1. The van der Waals surface area contributed by atoms with Gasteiger partial charge in [0.05, 0.1) is 5.60 Å². The normalized spacial score (nSPS) is 21.6. The second kappa shape index (κ2) is 5.28. The first-order valence-corrected chi connectivity index (χ1v) is 5.77. The van der Waals surface area contributed by atoms with E-state index in [-0.39, 0.29) is 17.6 Å². The van der Waals surface area contributed by atoms with E-state index in [1.165, 1.54) is 0 Å². The number of rotatable bonds is 5. The summed E-state index contributed by atoms with van der Waals surface area (Å²) in [5, 5.41) is 9.51. The third kappa shape index (κ3) is 3.74. The lowest BCUT2D eigenvalue weighted by atomic mass is 9.75. The molecule has 1 N–H and O–H groups in total. The summed E-state index contributed by atoms with van der Waals surface area (Å²) >= 11 is 0. The zero-order chi connectivity index (χ0) is 11.4. The molecule has 0 amide bonds. The van der Waals surface area contributed by atoms with Crippen molar-refractivity contribution in [3.05, 3.63) is 0 Å². The summed E-state index contributed by atoms with van der Waals surface area (Å²) < 4.78 is 10.7. The van der Waals surface area contributed by atoms with Crippen LogP contribution in [0.3, 0.4) is 0 Å². The first-order chi connectivity index (χ1) is 7.04. The Kier molecular flexibility index (Phi) is 4.56. The van der Waals surface area contributed by atoms with E-state index in [4.69, 9.17) is 9.47 Å². The van der Waals surface area contributed by atoms with E-state index < -0.39 is 0 Å². The van der Waals surface area contributed by atoms with Gasteiger partial charge in [0.2, 0.25) is 0 Å². The van der Waals surface area contributed by atoms with Crippen LogP contribution in [0, 0.1) is 5.41 Å². The Labute approximate surface area is 92.8 Å². The summed E-state index contributed by atoms with van der Waals surface area (Å²) in [6.07, 6.45) is 3.96. The maximum atomic E-state index is 9.51. The van der Waals surface area contributed by atoms with Gasteiger partial charge in [0, 0.05) is 26.9 Å². The van der Waals surface area contributed by atoms with Crippen molar-refractivity contribution in [1.29, 1.82) is 0 Å². The van der Waals surface area contributed by atoms with Crippen molar-refractivity contribution in [3.8, 4) is 0 Å². The highest BCUT2D eigenvalue weighted by Crippen LogP contribution is 2.37. The summed E-state index contributed by atoms with van der Waals surface area (Å²) in [4.78, 5) is 0. The minimum Gasteiger partial charge on any atom is -0.396 e. The molecule has 1 saturated heterocycles. The van der Waals surface area contributed by atoms with Crippen molar-refractivity contribution in [2.24, 2.45) is 5.41 Å². The highest BCUT2D eigenvalue weighted by atomic mass is 16.5. The zero-order valence-electron chi connectivity index (χ0n) is 10.2. The van der Waals surface area contributed by atoms with Gasteiger partial charge in [0.25, 0.3) is 0 Å². The van der Waals surface area contributed by atoms with E-state index in [1.54, 1.807) is 7.11 Å². The van der Waals surface area contributed by atoms with Gasteiger partial charge in [-0.1, -0.05) is 0 Å². The predicted molar refractivity (Wildman–Crippen MR) is 59.9 cm³/mol. The monoisotopic (exact) mass is 216 g/mol. The number of aliphatic hydroxyl groups is 1. The van der Waals surface area contributed by atoms with Crippen LogP contribution in [0.1, 0.15) is 39.5 Å². The Balaban J connectivity index is 2.45. The fourth-order valence-corrected chi connectivity index (χ4v) is 1.96. The molecule has 0 saturated carbocycles. The van der Waals surface area contributed by atoms with Gasteiger partial charge in [-0.15, -0.1) is 0 Å². The molecule has 1 aliphatic heterocycles. The molecule has 3 heteroatoms. The van der Waals surface area contributed by atoms with Crippen molar-refractivity contribution in [1.82, 2.24) is 0 Å². The van der Waals surface area contributed by atoms with Gasteiger partial charge < -0.3 is 14.6 Å². The average Bonchev–Trinajstić information content (AvgIpc) is 2.28. The molecule has 1 fully saturated rings. The van der Waals surface area contributed by atoms with Crippen molar-refractivity contribution >= 4 is 0 Å². The van der Waals surface area contributed by atoms with Crippen molar-refractivity contribution in [3.63, 3.8) is 0 Å². The molecule has 0 unspecified atom stereocenters. The fraction of sp³-hybridized carbons (Fsp3) is 1.00. The molecule has 0 bridgehead atoms. The van der Waals surface area contributed by atoms with Gasteiger partial charge >= 0.3 is 0 Å². The molecule has 0 aliphatic carbocycles. The molecule has 0 aromatic rings. The van der Waals surface area contributed by atoms with Gasteiger partial charge in [0.15, 0.2) is 0 Å². The van der Waals surface area contributed by atoms with Crippen molar-refractivity contribution in [2.75, 3.05) is 26.9 Å². The van der Waals surface area contributed by atoms with Crippen LogP contribution in [0.25, 0.3) is 0 Å². The highest BCUT2D eigenvalue weighted by molar-refractivity contribution is 4.84. The average molecular weight is 216 g/mol. The Morgan fingerprint density at radius 2 is 1.93 bits per heavy atom. The minimum absolute atomic E-state index is 0.0774. The maximum absolute atomic E-state index is 9.51. The standard InChI is InChI=1S/C12H24O3/c1-11(2,14-3)4-5-12(10-13)6-8-15-9-7-12/h13H,4-10H2,1-3H3. The lowest BCUT2D eigenvalue weighted by Gasteiger charge is -2.37. The summed E-state index contributed by atoms with van der Waals surface area (Å²) in [6, 6.07) is 0. The molecule has 3 nitrogen and oxygen atoms in total. The molecule has 0 aromatic carbocycles. The first kappa shape index (κ1) is 12.9. The van der Waals surface area contributed by atoms with Crippen LogP contribution in [0.5, 0.6) is 0 Å². The van der Waals surface area contributed by atoms with E-state index in [2.05, 4.69) is 13.8 Å². The van der Waals surface area contributed by atoms with E-state index in [0.717, 1.165) is 38.9 Å². The second-order valence-corrected chi connectivity index (χ2v) is 5.23. The minimum atomic E-state index is -0.0829. The van der Waals surface area contributed by atoms with Gasteiger partial charge in [0.1, 0.15) is 0 Å². The van der Waals surface area contributed by atoms with Crippen LogP contribution in [0.15, 0.2) is 0 Å². The Morgan fingerprint density at radius 1 is 1.33 bits per heavy atom. The SMILES string of the molecule is COC(C)(C)CCC1(CO)CCOCC1. The zero-order valence-corrected chi connectivity index (χ0v) is 10.2. The molecule has 1 aliphatic rings. The first-order valence-electron chi connectivity index (χ1n) is 5.77. The Morgan fingerprint density at radius 3 is 2.40 bits per heavy atom. The summed E-state index contributed by atoms with van der Waals surface area (Å²) in [7, 11) is 1.75. The number of hydrogen-bond acceptors (Lipinski definition) is 3. The number of methoxy groups -OCH3 is 1. The van der Waals surface area contributed by atoms with E-state index in [0.29, 0.717) is 0 Å². The molecule has 90 valence electrons. The topological polar surface area (TPSA) is 38.7 Å². The lowest BCUT2D eigenvalue weighted by Crippen LogP contribution is -2.35. The molecular formula is C12H24O3. The Hall–Kier alpha value is -0.120. The van der Waals surface area contributed by atoms with Crippen molar-refractivity contribution in [2.45, 2.75) is 45.1 Å². The molecule has 15 heavy (non-hydrogen) atoms. The van der Waals surface area contributed by atoms with Crippen LogP contribution in [0.4, 0.5) is 0 Å². The molecule has 0 radical (unpaired) electrons. The third-order valence-electron chi connectivity index (χ3n) is 3.70. The van der Waals surface area contributed by atoms with Crippen LogP contribution >= 0.6 is 0 Å². The predicted octanol–water partition coefficient (Wildman–Crippen LogP) is 1.98. The van der Waals surface area contributed by atoms with E-state index >= 15 is 0 Å². The summed E-state index contributed by atoms with van der Waals surface area (Å²) in [5.74, 6) is 0. The van der Waals surface area contributed by atoms with E-state index in [9.17, 15) is 5.11 Å². The summed E-state index contributed by atoms with van der Waals surface area (Å²) in [6.45, 7) is 6.03. The molecule has 1 rings (SSSR count). The molecule has 0 spiro atoms. The van der Waals surface area contributed by atoms with Gasteiger partial charge in [-0.25, -0.2) is 0 Å². The van der Waals surface area contributed by atoms with Crippen molar-refractivity contribution < 1.29 is 14.6 Å². The quantitative estimate of drug-likeness (QED) is 0.763. The maximum Gasteiger partial charge on any atom is 0.0623 e. The van der Waals surface area contributed by atoms with Crippen LogP contribution in [-0.2, 0) is 9.47 Å². The van der Waals surface area contributed by atoms with Gasteiger partial charge in [-0.2, -0.15) is 0 Å². The fourth-order valence-electron chi connectivity index (χ4n) is 1.96. The third-order valence-corrected chi connectivity index (χ3v) is 3.70. The molecular weight excluding hydrogens is 192 g/mol. The van der Waals surface area contributed by atoms with Crippen LogP contribution in [0.2, 0.25) is 0 Å². The highest BCUT2D eigenvalue weighted by Gasteiger charge is 2.33. The molecule has 0 atom stereocenters. The van der Waals surface area contributed by atoms with Gasteiger partial charge in [-0.05, 0) is 44.9 Å². The molecule has 1 heterocycles. The summed E-state index contributed by atoms with van der Waals surface area (Å²) in [5.41, 5.74) is -0.00543. The van der Waals surface area contributed by atoms with Gasteiger partial charge in [-0.3, -0.25) is 0 Å². The Bertz CT molecular complexity index is 183. The molecule has 0 aromatic heterocycles. The van der Waals surface area contributed by atoms with Crippen LogP contribution in [-0.4, -0.2) is 37.6 Å². The van der Waals surface area contributed by atoms with E-state index in [1.807, 2.05) is 0 Å².